The summed E-state index contributed by atoms with van der Waals surface area (Å²) in [6.07, 6.45) is 3.61. The number of nitrogen functional groups attached to an aromatic ring is 1. The van der Waals surface area contributed by atoms with E-state index in [1.165, 1.54) is 0 Å². The van der Waals surface area contributed by atoms with Gasteiger partial charge in [-0.1, -0.05) is 0 Å². The van der Waals surface area contributed by atoms with E-state index in [9.17, 15) is 0 Å². The van der Waals surface area contributed by atoms with Crippen molar-refractivity contribution < 1.29 is 0 Å². The molecular formula is C9H8BrN3. The predicted octanol–water partition coefficient (Wildman–Crippen LogP) is 2.22. The molecule has 0 fully saturated rings. The second-order valence-corrected chi connectivity index (χ2v) is 3.52. The van der Waals surface area contributed by atoms with Gasteiger partial charge >= 0.3 is 0 Å². The van der Waals surface area contributed by atoms with Crippen LogP contribution in [0.25, 0.3) is 5.69 Å². The van der Waals surface area contributed by atoms with Crippen LogP contribution in [0.15, 0.2) is 41.1 Å². The maximum atomic E-state index is 5.67. The Bertz CT molecular complexity index is 409. The number of rotatable bonds is 1. The summed E-state index contributed by atoms with van der Waals surface area (Å²) < 4.78 is 2.74. The quantitative estimate of drug-likeness (QED) is 0.774. The average molecular weight is 238 g/mol. The zero-order chi connectivity index (χ0) is 9.26. The number of hydrogen-bond acceptors (Lipinski definition) is 2. The van der Waals surface area contributed by atoms with Gasteiger partial charge in [0.1, 0.15) is 0 Å². The van der Waals surface area contributed by atoms with Gasteiger partial charge in [-0.25, -0.2) is 4.68 Å². The summed E-state index contributed by atoms with van der Waals surface area (Å²) in [7, 11) is 0. The number of hydrogen-bond donors (Lipinski definition) is 1. The lowest BCUT2D eigenvalue weighted by Crippen LogP contribution is -1.96. The van der Waals surface area contributed by atoms with Crippen LogP contribution < -0.4 is 5.73 Å². The minimum absolute atomic E-state index is 0.730. The van der Waals surface area contributed by atoms with Crippen LogP contribution in [0.2, 0.25) is 0 Å². The summed E-state index contributed by atoms with van der Waals surface area (Å²) in [5, 5.41) is 4.12. The van der Waals surface area contributed by atoms with Gasteiger partial charge in [-0.3, -0.25) is 0 Å². The van der Waals surface area contributed by atoms with Gasteiger partial charge in [0.25, 0.3) is 0 Å². The number of benzene rings is 1. The van der Waals surface area contributed by atoms with Crippen molar-refractivity contribution in [2.45, 2.75) is 0 Å². The zero-order valence-corrected chi connectivity index (χ0v) is 8.40. The van der Waals surface area contributed by atoms with Crippen molar-refractivity contribution in [2.24, 2.45) is 0 Å². The van der Waals surface area contributed by atoms with Crippen LogP contribution in [0, 0.1) is 0 Å². The largest absolute Gasteiger partial charge is 0.399 e. The summed E-state index contributed by atoms with van der Waals surface area (Å²) in [5.74, 6) is 0. The highest BCUT2D eigenvalue weighted by Crippen LogP contribution is 2.22. The molecule has 13 heavy (non-hydrogen) atoms. The van der Waals surface area contributed by atoms with Gasteiger partial charge in [-0.05, 0) is 40.2 Å². The third kappa shape index (κ3) is 1.58. The number of nitrogens with zero attached hydrogens (tertiary/aromatic N) is 2. The van der Waals surface area contributed by atoms with E-state index < -0.39 is 0 Å². The maximum absolute atomic E-state index is 5.67. The van der Waals surface area contributed by atoms with Crippen molar-refractivity contribution in [3.63, 3.8) is 0 Å². The van der Waals surface area contributed by atoms with Crippen molar-refractivity contribution in [1.29, 1.82) is 0 Å². The molecular weight excluding hydrogens is 230 g/mol. The van der Waals surface area contributed by atoms with Crippen LogP contribution in [0.3, 0.4) is 0 Å². The molecule has 66 valence electrons. The molecule has 2 rings (SSSR count). The molecule has 0 aliphatic carbocycles. The minimum atomic E-state index is 0.730. The molecule has 0 saturated heterocycles. The fourth-order valence-electron chi connectivity index (χ4n) is 1.12. The minimum Gasteiger partial charge on any atom is -0.399 e. The number of nitrogens with two attached hydrogens (primary N) is 1. The summed E-state index contributed by atoms with van der Waals surface area (Å²) in [4.78, 5) is 0. The maximum Gasteiger partial charge on any atom is 0.0807 e. The van der Waals surface area contributed by atoms with Gasteiger partial charge < -0.3 is 5.73 Å². The Balaban J connectivity index is 2.57. The molecule has 0 atom stereocenters. The van der Waals surface area contributed by atoms with Gasteiger partial charge in [0.05, 0.1) is 5.69 Å². The Morgan fingerprint density at radius 2 is 2.23 bits per heavy atom. The summed E-state index contributed by atoms with van der Waals surface area (Å²) in [5.41, 5.74) is 7.35. The number of halogens is 1. The van der Waals surface area contributed by atoms with Crippen molar-refractivity contribution >= 4 is 21.6 Å². The molecule has 0 aliphatic heterocycles. The van der Waals surface area contributed by atoms with Crippen LogP contribution in [-0.4, -0.2) is 9.78 Å². The van der Waals surface area contributed by atoms with Crippen molar-refractivity contribution in [3.05, 3.63) is 41.1 Å². The summed E-state index contributed by atoms with van der Waals surface area (Å²) in [6, 6.07) is 7.50. The Labute approximate surface area is 84.3 Å². The predicted molar refractivity (Wildman–Crippen MR) is 55.7 cm³/mol. The highest BCUT2D eigenvalue weighted by Gasteiger charge is 2.01. The number of anilines is 1. The van der Waals surface area contributed by atoms with E-state index in [0.717, 1.165) is 15.8 Å². The summed E-state index contributed by atoms with van der Waals surface area (Å²) >= 11 is 3.44. The zero-order valence-electron chi connectivity index (χ0n) is 6.81. The van der Waals surface area contributed by atoms with Crippen LogP contribution in [0.1, 0.15) is 0 Å². The molecule has 1 aromatic carbocycles. The third-order valence-electron chi connectivity index (χ3n) is 1.72. The fourth-order valence-corrected chi connectivity index (χ4v) is 1.54. The van der Waals surface area contributed by atoms with Crippen molar-refractivity contribution in [2.75, 3.05) is 5.73 Å². The van der Waals surface area contributed by atoms with Gasteiger partial charge in [0.15, 0.2) is 0 Å². The first-order chi connectivity index (χ1) is 6.27. The first kappa shape index (κ1) is 8.31. The van der Waals surface area contributed by atoms with E-state index in [4.69, 9.17) is 5.73 Å². The second kappa shape index (κ2) is 3.22. The third-order valence-corrected chi connectivity index (χ3v) is 2.39. The molecule has 0 radical (unpaired) electrons. The van der Waals surface area contributed by atoms with E-state index in [2.05, 4.69) is 21.0 Å². The molecule has 0 bridgehead atoms. The average Bonchev–Trinajstić information content (AvgIpc) is 2.61. The number of aromatic nitrogens is 2. The lowest BCUT2D eigenvalue weighted by Gasteiger charge is -2.04. The van der Waals surface area contributed by atoms with Gasteiger partial charge in [-0.2, -0.15) is 5.10 Å². The standard InChI is InChI=1S/C9H8BrN3/c10-8-3-2-7(11)6-9(8)13-5-1-4-12-13/h1-6H,11H2. The molecule has 1 heterocycles. The van der Waals surface area contributed by atoms with Gasteiger partial charge in [-0.15, -0.1) is 0 Å². The molecule has 0 aliphatic rings. The Hall–Kier alpha value is -1.29. The lowest BCUT2D eigenvalue weighted by atomic mass is 10.3. The lowest BCUT2D eigenvalue weighted by molar-refractivity contribution is 0.877. The first-order valence-electron chi connectivity index (χ1n) is 3.82. The molecule has 2 aromatic rings. The SMILES string of the molecule is Nc1ccc(Br)c(-n2cccn2)c1. The molecule has 0 spiro atoms. The molecule has 3 nitrogen and oxygen atoms in total. The van der Waals surface area contributed by atoms with E-state index in [0.29, 0.717) is 0 Å². The van der Waals surface area contributed by atoms with Crippen LogP contribution in [0.4, 0.5) is 5.69 Å². The van der Waals surface area contributed by atoms with E-state index in [1.54, 1.807) is 10.9 Å². The van der Waals surface area contributed by atoms with Crippen LogP contribution in [-0.2, 0) is 0 Å². The van der Waals surface area contributed by atoms with Crippen molar-refractivity contribution in [3.8, 4) is 5.69 Å². The van der Waals surface area contributed by atoms with Gasteiger partial charge in [0, 0.05) is 22.6 Å². The molecule has 1 aromatic heterocycles. The normalized spacial score (nSPS) is 10.2. The highest BCUT2D eigenvalue weighted by atomic mass is 79.9. The van der Waals surface area contributed by atoms with Crippen LogP contribution in [0.5, 0.6) is 0 Å². The summed E-state index contributed by atoms with van der Waals surface area (Å²) in [6.45, 7) is 0. The Morgan fingerprint density at radius 1 is 1.38 bits per heavy atom. The molecule has 0 unspecified atom stereocenters. The van der Waals surface area contributed by atoms with E-state index in [-0.39, 0.29) is 0 Å². The fraction of sp³-hybridized carbons (Fsp3) is 0. The van der Waals surface area contributed by atoms with E-state index >= 15 is 0 Å². The molecule has 0 amide bonds. The van der Waals surface area contributed by atoms with Crippen molar-refractivity contribution in [1.82, 2.24) is 9.78 Å². The molecule has 2 N–H and O–H groups in total. The van der Waals surface area contributed by atoms with Gasteiger partial charge in [0.2, 0.25) is 0 Å². The highest BCUT2D eigenvalue weighted by molar-refractivity contribution is 9.10. The molecule has 4 heteroatoms. The monoisotopic (exact) mass is 237 g/mol. The van der Waals surface area contributed by atoms with Crippen LogP contribution >= 0.6 is 15.9 Å². The Morgan fingerprint density at radius 3 is 2.92 bits per heavy atom. The Kier molecular flexibility index (Phi) is 2.06. The second-order valence-electron chi connectivity index (χ2n) is 2.66. The molecule has 0 saturated carbocycles. The first-order valence-corrected chi connectivity index (χ1v) is 4.62. The topological polar surface area (TPSA) is 43.8 Å². The van der Waals surface area contributed by atoms with E-state index in [1.807, 2.05) is 30.5 Å². The smallest absolute Gasteiger partial charge is 0.0807 e.